The van der Waals surface area contributed by atoms with E-state index in [2.05, 4.69) is 0 Å². The highest BCUT2D eigenvalue weighted by Crippen LogP contribution is 2.21. The molecule has 0 atom stereocenters. The molecule has 0 N–H and O–H groups in total. The van der Waals surface area contributed by atoms with E-state index in [1.165, 1.54) is 12.1 Å². The quantitative estimate of drug-likeness (QED) is 0.595. The zero-order chi connectivity index (χ0) is 15.4. The Morgan fingerprint density at radius 3 is 2.25 bits per heavy atom. The summed E-state index contributed by atoms with van der Waals surface area (Å²) < 4.78 is 33.8. The van der Waals surface area contributed by atoms with Gasteiger partial charge in [0.15, 0.2) is 0 Å². The second kappa shape index (κ2) is 6.37. The summed E-state index contributed by atoms with van der Waals surface area (Å²) >= 11 is 0. The molecular formula is C14H20O5S. The van der Waals surface area contributed by atoms with Crippen molar-refractivity contribution in [3.8, 4) is 0 Å². The molecule has 0 aliphatic rings. The van der Waals surface area contributed by atoms with E-state index in [0.29, 0.717) is 0 Å². The fourth-order valence-electron chi connectivity index (χ4n) is 1.38. The average molecular weight is 300 g/mol. The number of carbonyl (C=O) groups excluding carboxylic acids is 1. The van der Waals surface area contributed by atoms with Crippen LogP contribution in [-0.2, 0) is 23.8 Å². The van der Waals surface area contributed by atoms with Crippen LogP contribution in [0.1, 0.15) is 26.3 Å². The smallest absolute Gasteiger partial charge is 0.313 e. The van der Waals surface area contributed by atoms with E-state index in [0.717, 1.165) is 5.56 Å². The van der Waals surface area contributed by atoms with E-state index in [9.17, 15) is 13.2 Å². The molecule has 0 saturated heterocycles. The summed E-state index contributed by atoms with van der Waals surface area (Å²) in [4.78, 5) is 11.7. The van der Waals surface area contributed by atoms with Gasteiger partial charge in [-0.05, 0) is 39.8 Å². The lowest BCUT2D eigenvalue weighted by Crippen LogP contribution is -2.32. The van der Waals surface area contributed by atoms with Gasteiger partial charge in [0.05, 0.1) is 23.5 Å². The molecule has 20 heavy (non-hydrogen) atoms. The van der Waals surface area contributed by atoms with Gasteiger partial charge >= 0.3 is 5.97 Å². The fourth-order valence-corrected chi connectivity index (χ4v) is 2.44. The van der Waals surface area contributed by atoms with Crippen LogP contribution in [0.4, 0.5) is 0 Å². The van der Waals surface area contributed by atoms with Crippen LogP contribution in [0.25, 0.3) is 0 Å². The third-order valence-electron chi connectivity index (χ3n) is 2.71. The summed E-state index contributed by atoms with van der Waals surface area (Å²) in [6.45, 7) is 6.69. The van der Waals surface area contributed by atoms with Crippen LogP contribution in [0.15, 0.2) is 29.2 Å². The average Bonchev–Trinajstić information content (AvgIpc) is 2.37. The van der Waals surface area contributed by atoms with Gasteiger partial charge in [-0.1, -0.05) is 17.7 Å². The zero-order valence-corrected chi connectivity index (χ0v) is 13.0. The maximum absolute atomic E-state index is 12.0. The lowest BCUT2D eigenvalue weighted by atomic mass is 9.95. The predicted molar refractivity (Wildman–Crippen MR) is 74.7 cm³/mol. The lowest BCUT2D eigenvalue weighted by Gasteiger charge is -2.21. The van der Waals surface area contributed by atoms with Gasteiger partial charge < -0.3 is 4.74 Å². The van der Waals surface area contributed by atoms with Crippen LogP contribution in [0.2, 0.25) is 0 Å². The first-order chi connectivity index (χ1) is 9.19. The highest BCUT2D eigenvalue weighted by molar-refractivity contribution is 7.86. The number of rotatable bonds is 6. The summed E-state index contributed by atoms with van der Waals surface area (Å²) in [5.41, 5.74) is -0.0656. The Labute approximate surface area is 120 Å². The Bertz CT molecular complexity index is 558. The molecule has 0 fully saturated rings. The molecule has 1 aromatic carbocycles. The summed E-state index contributed by atoms with van der Waals surface area (Å²) in [6.07, 6.45) is 0. The molecule has 0 radical (unpaired) electrons. The molecule has 1 aromatic rings. The number of ether oxygens (including phenoxy) is 1. The van der Waals surface area contributed by atoms with Crippen LogP contribution in [0.3, 0.4) is 0 Å². The molecule has 5 nitrogen and oxygen atoms in total. The predicted octanol–water partition coefficient (Wildman–Crippen LogP) is 2.29. The number of esters is 1. The van der Waals surface area contributed by atoms with Gasteiger partial charge in [0, 0.05) is 0 Å². The molecular weight excluding hydrogens is 280 g/mol. The summed E-state index contributed by atoms with van der Waals surface area (Å²) in [5, 5.41) is 0. The highest BCUT2D eigenvalue weighted by atomic mass is 32.2. The first-order valence-corrected chi connectivity index (χ1v) is 7.73. The van der Waals surface area contributed by atoms with Crippen LogP contribution >= 0.6 is 0 Å². The molecule has 0 heterocycles. The SMILES string of the molecule is CCOC(=O)C(C)(C)COS(=O)(=O)c1ccc(C)cc1. The molecule has 0 bridgehead atoms. The van der Waals surface area contributed by atoms with Crippen LogP contribution in [0.5, 0.6) is 0 Å². The third-order valence-corrected chi connectivity index (χ3v) is 3.99. The van der Waals surface area contributed by atoms with Crippen molar-refractivity contribution in [3.63, 3.8) is 0 Å². The van der Waals surface area contributed by atoms with E-state index in [4.69, 9.17) is 8.92 Å². The van der Waals surface area contributed by atoms with Crippen LogP contribution in [0, 0.1) is 12.3 Å². The van der Waals surface area contributed by atoms with Gasteiger partial charge in [-0.15, -0.1) is 0 Å². The van der Waals surface area contributed by atoms with Crippen LogP contribution in [-0.4, -0.2) is 27.6 Å². The van der Waals surface area contributed by atoms with Crippen molar-refractivity contribution in [1.29, 1.82) is 0 Å². The largest absolute Gasteiger partial charge is 0.466 e. The zero-order valence-electron chi connectivity index (χ0n) is 12.2. The first kappa shape index (κ1) is 16.7. The topological polar surface area (TPSA) is 69.7 Å². The van der Waals surface area contributed by atoms with Crippen molar-refractivity contribution in [2.75, 3.05) is 13.2 Å². The van der Waals surface area contributed by atoms with Crippen molar-refractivity contribution in [2.45, 2.75) is 32.6 Å². The van der Waals surface area contributed by atoms with Gasteiger partial charge in [0.2, 0.25) is 0 Å². The van der Waals surface area contributed by atoms with E-state index in [1.54, 1.807) is 32.9 Å². The Morgan fingerprint density at radius 2 is 1.75 bits per heavy atom. The number of carbonyl (C=O) groups is 1. The minimum Gasteiger partial charge on any atom is -0.466 e. The Kier molecular flexibility index (Phi) is 5.30. The minimum absolute atomic E-state index is 0.0720. The van der Waals surface area contributed by atoms with E-state index < -0.39 is 21.5 Å². The van der Waals surface area contributed by atoms with E-state index in [1.807, 2.05) is 6.92 Å². The highest BCUT2D eigenvalue weighted by Gasteiger charge is 2.32. The molecule has 0 spiro atoms. The number of benzene rings is 1. The van der Waals surface area contributed by atoms with E-state index in [-0.39, 0.29) is 18.1 Å². The summed E-state index contributed by atoms with van der Waals surface area (Å²) in [5.74, 6) is -0.487. The summed E-state index contributed by atoms with van der Waals surface area (Å²) in [6, 6.07) is 6.32. The molecule has 0 amide bonds. The standard InChI is InChI=1S/C14H20O5S/c1-5-18-13(15)14(3,4)10-19-20(16,17)12-8-6-11(2)7-9-12/h6-9H,5,10H2,1-4H3. The van der Waals surface area contributed by atoms with Crippen molar-refractivity contribution in [2.24, 2.45) is 5.41 Å². The van der Waals surface area contributed by atoms with Crippen molar-refractivity contribution in [1.82, 2.24) is 0 Å². The molecule has 0 aliphatic heterocycles. The minimum atomic E-state index is -3.87. The van der Waals surface area contributed by atoms with Crippen molar-refractivity contribution < 1.29 is 22.1 Å². The molecule has 0 aliphatic carbocycles. The fraction of sp³-hybridized carbons (Fsp3) is 0.500. The normalized spacial score (nSPS) is 12.2. The van der Waals surface area contributed by atoms with Gasteiger partial charge in [0.25, 0.3) is 10.1 Å². The number of aryl methyl sites for hydroxylation is 1. The Balaban J connectivity index is 2.77. The maximum Gasteiger partial charge on any atom is 0.313 e. The van der Waals surface area contributed by atoms with Crippen LogP contribution < -0.4 is 0 Å². The van der Waals surface area contributed by atoms with Gasteiger partial charge in [-0.3, -0.25) is 8.98 Å². The van der Waals surface area contributed by atoms with Gasteiger partial charge in [-0.2, -0.15) is 8.42 Å². The maximum atomic E-state index is 12.0. The summed E-state index contributed by atoms with van der Waals surface area (Å²) in [7, 11) is -3.87. The number of hydrogen-bond acceptors (Lipinski definition) is 5. The van der Waals surface area contributed by atoms with Crippen molar-refractivity contribution >= 4 is 16.1 Å². The lowest BCUT2D eigenvalue weighted by molar-refractivity contribution is -0.154. The Hall–Kier alpha value is -1.40. The van der Waals surface area contributed by atoms with Gasteiger partial charge in [-0.25, -0.2) is 0 Å². The van der Waals surface area contributed by atoms with Gasteiger partial charge in [0.1, 0.15) is 0 Å². The number of hydrogen-bond donors (Lipinski definition) is 0. The monoisotopic (exact) mass is 300 g/mol. The molecule has 1 rings (SSSR count). The Morgan fingerprint density at radius 1 is 1.20 bits per heavy atom. The molecule has 112 valence electrons. The van der Waals surface area contributed by atoms with E-state index >= 15 is 0 Å². The first-order valence-electron chi connectivity index (χ1n) is 6.32. The molecule has 6 heteroatoms. The second-order valence-corrected chi connectivity index (χ2v) is 6.75. The molecule has 0 aromatic heterocycles. The third kappa shape index (κ3) is 4.31. The van der Waals surface area contributed by atoms with Crippen molar-refractivity contribution in [3.05, 3.63) is 29.8 Å². The second-order valence-electron chi connectivity index (χ2n) is 5.13. The molecule has 0 saturated carbocycles. The molecule has 0 unspecified atom stereocenters.